The molecule has 3 heterocycles. The Labute approximate surface area is 116 Å². The molecule has 19 heavy (non-hydrogen) atoms. The van der Waals surface area contributed by atoms with Gasteiger partial charge in [0.2, 0.25) is 5.95 Å². The molecule has 3 rings (SSSR count). The Hall–Kier alpha value is -1.40. The van der Waals surface area contributed by atoms with E-state index in [0.29, 0.717) is 5.95 Å². The van der Waals surface area contributed by atoms with Gasteiger partial charge in [-0.25, -0.2) is 4.98 Å². The highest BCUT2D eigenvalue weighted by Crippen LogP contribution is 2.32. The predicted octanol–water partition coefficient (Wildman–Crippen LogP) is 2.20. The van der Waals surface area contributed by atoms with Crippen LogP contribution in [0.1, 0.15) is 18.7 Å². The van der Waals surface area contributed by atoms with Crippen LogP contribution < -0.4 is 10.6 Å². The Morgan fingerprint density at radius 2 is 2.00 bits per heavy atom. The van der Waals surface area contributed by atoms with Crippen molar-refractivity contribution in [2.24, 2.45) is 0 Å². The van der Waals surface area contributed by atoms with Gasteiger partial charge in [-0.15, -0.1) is 11.3 Å². The van der Waals surface area contributed by atoms with E-state index in [1.165, 1.54) is 4.88 Å². The fraction of sp³-hybridized carbons (Fsp3) is 0.538. The van der Waals surface area contributed by atoms with Crippen LogP contribution in [0.3, 0.4) is 0 Å². The van der Waals surface area contributed by atoms with E-state index < -0.39 is 0 Å². The summed E-state index contributed by atoms with van der Waals surface area (Å²) in [7, 11) is 0. The molecule has 1 aliphatic heterocycles. The van der Waals surface area contributed by atoms with Crippen LogP contribution in [0.4, 0.5) is 11.8 Å². The van der Waals surface area contributed by atoms with Crippen LogP contribution in [0, 0.1) is 6.92 Å². The average molecular weight is 278 g/mol. The Balaban J connectivity index is 2.08. The predicted molar refractivity (Wildman–Crippen MR) is 78.8 cm³/mol. The zero-order chi connectivity index (χ0) is 13.6. The van der Waals surface area contributed by atoms with Gasteiger partial charge in [0.25, 0.3) is 0 Å². The average Bonchev–Trinajstić information content (AvgIpc) is 2.66. The number of fused-ring (bicyclic) bond motifs is 1. The van der Waals surface area contributed by atoms with Crippen LogP contribution in [0.25, 0.3) is 10.2 Å². The Morgan fingerprint density at radius 1 is 1.32 bits per heavy atom. The van der Waals surface area contributed by atoms with E-state index in [-0.39, 0.29) is 12.2 Å². The molecular weight excluding hydrogens is 260 g/mol. The van der Waals surface area contributed by atoms with Crippen molar-refractivity contribution in [1.82, 2.24) is 9.97 Å². The zero-order valence-corrected chi connectivity index (χ0v) is 12.2. The molecule has 2 aromatic rings. The summed E-state index contributed by atoms with van der Waals surface area (Å²) in [6.07, 6.45) is 0.407. The minimum atomic E-state index is 0.203. The molecule has 2 N–H and O–H groups in total. The molecule has 0 saturated carbocycles. The second-order valence-corrected chi connectivity index (χ2v) is 6.38. The SMILES string of the molecule is Cc1cc2c(N3CC(C)OC(C)C3)nc(N)nc2s1. The largest absolute Gasteiger partial charge is 0.372 e. The van der Waals surface area contributed by atoms with Crippen molar-refractivity contribution in [3.8, 4) is 0 Å². The second kappa shape index (κ2) is 4.61. The van der Waals surface area contributed by atoms with Gasteiger partial charge in [0, 0.05) is 18.0 Å². The van der Waals surface area contributed by atoms with Gasteiger partial charge in [-0.2, -0.15) is 4.98 Å². The van der Waals surface area contributed by atoms with Gasteiger partial charge in [-0.3, -0.25) is 0 Å². The van der Waals surface area contributed by atoms with Gasteiger partial charge >= 0.3 is 0 Å². The van der Waals surface area contributed by atoms with Gasteiger partial charge in [0.05, 0.1) is 17.6 Å². The standard InChI is InChI=1S/C13H18N4OS/c1-7-5-17(6-8(2)18-7)11-10-4-9(3)19-12(10)16-13(14)15-11/h4,7-8H,5-6H2,1-3H3,(H2,14,15,16). The molecule has 0 amide bonds. The summed E-state index contributed by atoms with van der Waals surface area (Å²) in [5.41, 5.74) is 5.84. The van der Waals surface area contributed by atoms with Crippen molar-refractivity contribution < 1.29 is 4.74 Å². The third kappa shape index (κ3) is 2.37. The van der Waals surface area contributed by atoms with Gasteiger partial charge < -0.3 is 15.4 Å². The summed E-state index contributed by atoms with van der Waals surface area (Å²) >= 11 is 1.66. The lowest BCUT2D eigenvalue weighted by atomic mass is 10.2. The highest BCUT2D eigenvalue weighted by molar-refractivity contribution is 7.18. The first-order chi connectivity index (χ1) is 9.02. The van der Waals surface area contributed by atoms with Crippen LogP contribution >= 0.6 is 11.3 Å². The third-order valence-electron chi connectivity index (χ3n) is 3.23. The number of thiophene rings is 1. The maximum Gasteiger partial charge on any atom is 0.223 e. The fourth-order valence-electron chi connectivity index (χ4n) is 2.63. The summed E-state index contributed by atoms with van der Waals surface area (Å²) in [5.74, 6) is 1.28. The zero-order valence-electron chi connectivity index (χ0n) is 11.4. The minimum absolute atomic E-state index is 0.203. The molecule has 1 aliphatic rings. The topological polar surface area (TPSA) is 64.3 Å². The first-order valence-electron chi connectivity index (χ1n) is 6.47. The van der Waals surface area contributed by atoms with Gasteiger partial charge in [-0.05, 0) is 26.8 Å². The van der Waals surface area contributed by atoms with Crippen LogP contribution in [-0.2, 0) is 4.74 Å². The number of rotatable bonds is 1. The molecular formula is C13H18N4OS. The summed E-state index contributed by atoms with van der Waals surface area (Å²) in [5, 5.41) is 1.10. The van der Waals surface area contributed by atoms with E-state index in [4.69, 9.17) is 10.5 Å². The lowest BCUT2D eigenvalue weighted by Crippen LogP contribution is -2.46. The maximum atomic E-state index is 5.84. The number of hydrogen-bond donors (Lipinski definition) is 1. The van der Waals surface area contributed by atoms with Gasteiger partial charge in [-0.1, -0.05) is 0 Å². The maximum absolute atomic E-state index is 5.84. The fourth-order valence-corrected chi connectivity index (χ4v) is 3.52. The van der Waals surface area contributed by atoms with E-state index in [1.807, 2.05) is 0 Å². The van der Waals surface area contributed by atoms with Crippen LogP contribution in [-0.4, -0.2) is 35.3 Å². The Bertz CT molecular complexity index is 602. The molecule has 0 radical (unpaired) electrons. The first kappa shape index (κ1) is 12.6. The van der Waals surface area contributed by atoms with Gasteiger partial charge in [0.15, 0.2) is 0 Å². The molecule has 2 unspecified atom stereocenters. The lowest BCUT2D eigenvalue weighted by Gasteiger charge is -2.36. The highest BCUT2D eigenvalue weighted by Gasteiger charge is 2.25. The quantitative estimate of drug-likeness (QED) is 0.866. The number of nitrogens with zero attached hydrogens (tertiary/aromatic N) is 3. The number of ether oxygens (including phenoxy) is 1. The summed E-state index contributed by atoms with van der Waals surface area (Å²) in [4.78, 5) is 13.2. The van der Waals surface area contributed by atoms with Crippen molar-refractivity contribution in [3.05, 3.63) is 10.9 Å². The monoisotopic (exact) mass is 278 g/mol. The molecule has 102 valence electrons. The molecule has 0 aliphatic carbocycles. The van der Waals surface area contributed by atoms with E-state index in [1.54, 1.807) is 11.3 Å². The number of aromatic nitrogens is 2. The number of nitrogen functional groups attached to an aromatic ring is 1. The first-order valence-corrected chi connectivity index (χ1v) is 7.28. The third-order valence-corrected chi connectivity index (χ3v) is 4.18. The summed E-state index contributed by atoms with van der Waals surface area (Å²) in [6, 6.07) is 2.14. The normalized spacial score (nSPS) is 24.1. The van der Waals surface area contributed by atoms with Crippen molar-refractivity contribution in [1.29, 1.82) is 0 Å². The van der Waals surface area contributed by atoms with Crippen LogP contribution in [0.2, 0.25) is 0 Å². The molecule has 6 heteroatoms. The van der Waals surface area contributed by atoms with E-state index in [9.17, 15) is 0 Å². The van der Waals surface area contributed by atoms with E-state index in [2.05, 4.69) is 41.7 Å². The molecule has 1 saturated heterocycles. The number of aryl methyl sites for hydroxylation is 1. The Kier molecular flexibility index (Phi) is 3.06. The molecule has 5 nitrogen and oxygen atoms in total. The minimum Gasteiger partial charge on any atom is -0.372 e. The molecule has 2 atom stereocenters. The van der Waals surface area contributed by atoms with Gasteiger partial charge in [0.1, 0.15) is 10.6 Å². The van der Waals surface area contributed by atoms with Crippen molar-refractivity contribution >= 4 is 33.3 Å². The lowest BCUT2D eigenvalue weighted by molar-refractivity contribution is -0.00536. The number of nitrogens with two attached hydrogens (primary N) is 1. The van der Waals surface area contributed by atoms with Crippen LogP contribution in [0.5, 0.6) is 0 Å². The molecule has 2 aromatic heterocycles. The number of hydrogen-bond acceptors (Lipinski definition) is 6. The molecule has 0 aromatic carbocycles. The number of anilines is 2. The van der Waals surface area contributed by atoms with Crippen molar-refractivity contribution in [3.63, 3.8) is 0 Å². The summed E-state index contributed by atoms with van der Waals surface area (Å²) in [6.45, 7) is 7.93. The molecule has 0 bridgehead atoms. The smallest absolute Gasteiger partial charge is 0.223 e. The van der Waals surface area contributed by atoms with E-state index >= 15 is 0 Å². The molecule has 1 fully saturated rings. The Morgan fingerprint density at radius 3 is 2.68 bits per heavy atom. The van der Waals surface area contributed by atoms with E-state index in [0.717, 1.165) is 29.1 Å². The highest BCUT2D eigenvalue weighted by atomic mass is 32.1. The van der Waals surface area contributed by atoms with Crippen LogP contribution in [0.15, 0.2) is 6.07 Å². The summed E-state index contributed by atoms with van der Waals surface area (Å²) < 4.78 is 5.77. The van der Waals surface area contributed by atoms with Crippen molar-refractivity contribution in [2.75, 3.05) is 23.7 Å². The molecule has 0 spiro atoms. The second-order valence-electron chi connectivity index (χ2n) is 5.14. The number of morpholine rings is 1. The van der Waals surface area contributed by atoms with Crippen molar-refractivity contribution in [2.45, 2.75) is 33.0 Å².